The highest BCUT2D eigenvalue weighted by molar-refractivity contribution is 6.46. The van der Waals surface area contributed by atoms with Gasteiger partial charge in [-0.05, 0) is 57.8 Å². The van der Waals surface area contributed by atoms with Gasteiger partial charge >= 0.3 is 0 Å². The first-order valence-corrected chi connectivity index (χ1v) is 11.3. The molecule has 0 aliphatic carbocycles. The first-order valence-electron chi connectivity index (χ1n) is 11.3. The first kappa shape index (κ1) is 24.3. The molecule has 1 N–H and O–H groups in total. The molecule has 3 aromatic rings. The van der Waals surface area contributed by atoms with Crippen molar-refractivity contribution in [3.8, 4) is 11.5 Å². The molecule has 35 heavy (non-hydrogen) atoms. The molecule has 1 aliphatic heterocycles. The van der Waals surface area contributed by atoms with E-state index in [1.807, 2.05) is 38.1 Å². The molecule has 9 nitrogen and oxygen atoms in total. The third-order valence-electron chi connectivity index (χ3n) is 6.30. The maximum Gasteiger partial charge on any atom is 0.295 e. The Bertz CT molecular complexity index is 1340. The molecule has 184 valence electrons. The lowest BCUT2D eigenvalue weighted by molar-refractivity contribution is -0.140. The topological polar surface area (TPSA) is 96.6 Å². The molecule has 0 bridgehead atoms. The van der Waals surface area contributed by atoms with Gasteiger partial charge in [-0.2, -0.15) is 0 Å². The average molecular weight is 479 g/mol. The van der Waals surface area contributed by atoms with Crippen LogP contribution in [-0.2, 0) is 9.59 Å². The van der Waals surface area contributed by atoms with Crippen molar-refractivity contribution in [2.24, 2.45) is 0 Å². The second kappa shape index (κ2) is 9.42. The second-order valence-electron chi connectivity index (χ2n) is 8.83. The number of hydrogen-bond donors (Lipinski definition) is 1. The van der Waals surface area contributed by atoms with E-state index in [1.54, 1.807) is 42.8 Å². The molecule has 1 aromatic carbocycles. The van der Waals surface area contributed by atoms with Crippen molar-refractivity contribution < 1.29 is 24.2 Å². The van der Waals surface area contributed by atoms with Crippen LogP contribution in [0.2, 0.25) is 0 Å². The summed E-state index contributed by atoms with van der Waals surface area (Å²) in [6, 6.07) is 8.10. The van der Waals surface area contributed by atoms with Gasteiger partial charge in [0, 0.05) is 24.8 Å². The molecule has 0 unspecified atom stereocenters. The molecule has 1 atom stereocenters. The Kier molecular flexibility index (Phi) is 6.53. The van der Waals surface area contributed by atoms with Crippen molar-refractivity contribution in [1.29, 1.82) is 0 Å². The van der Waals surface area contributed by atoms with Gasteiger partial charge in [0.05, 0.1) is 31.5 Å². The van der Waals surface area contributed by atoms with Gasteiger partial charge < -0.3 is 24.4 Å². The number of pyridine rings is 1. The monoisotopic (exact) mass is 478 g/mol. The van der Waals surface area contributed by atoms with Crippen LogP contribution in [-0.4, -0.2) is 77.4 Å². The number of amides is 1. The highest BCUT2D eigenvalue weighted by Gasteiger charge is 2.47. The average Bonchev–Trinajstić information content (AvgIpc) is 3.31. The van der Waals surface area contributed by atoms with Gasteiger partial charge in [-0.25, -0.2) is 4.98 Å². The predicted molar refractivity (Wildman–Crippen MR) is 132 cm³/mol. The Morgan fingerprint density at radius 2 is 1.89 bits per heavy atom. The number of aliphatic hydroxyl groups is 1. The van der Waals surface area contributed by atoms with Crippen molar-refractivity contribution in [2.75, 3.05) is 41.4 Å². The molecule has 1 amide bonds. The standard InChI is InChI=1S/C26H30N4O5/c1-15-8-7-11-29-21(16(2)27-25(15)29)23(31)20-22(18-14-17(34-5)9-10-19(18)35-6)30(13-12-28(3)4)26(33)24(20)32/h7-11,14,22,31H,12-13H2,1-6H3/t22-/m1/s1. The van der Waals surface area contributed by atoms with Gasteiger partial charge in [0.1, 0.15) is 22.8 Å². The summed E-state index contributed by atoms with van der Waals surface area (Å²) >= 11 is 0. The van der Waals surface area contributed by atoms with Crippen LogP contribution in [0.3, 0.4) is 0 Å². The summed E-state index contributed by atoms with van der Waals surface area (Å²) in [7, 11) is 6.84. The largest absolute Gasteiger partial charge is 0.505 e. The third-order valence-corrected chi connectivity index (χ3v) is 6.30. The normalized spacial score (nSPS) is 17.6. The molecule has 1 aliphatic rings. The van der Waals surface area contributed by atoms with Crippen LogP contribution in [0.1, 0.15) is 28.6 Å². The number of ether oxygens (including phenoxy) is 2. The fraction of sp³-hybridized carbons (Fsp3) is 0.346. The Balaban J connectivity index is 2.00. The molecule has 0 radical (unpaired) electrons. The number of imidazole rings is 1. The van der Waals surface area contributed by atoms with Gasteiger partial charge in [0.25, 0.3) is 11.7 Å². The van der Waals surface area contributed by atoms with Crippen molar-refractivity contribution >= 4 is 23.1 Å². The van der Waals surface area contributed by atoms with E-state index in [9.17, 15) is 14.7 Å². The van der Waals surface area contributed by atoms with E-state index >= 15 is 0 Å². The van der Waals surface area contributed by atoms with Crippen molar-refractivity contribution in [2.45, 2.75) is 19.9 Å². The van der Waals surface area contributed by atoms with Crippen molar-refractivity contribution in [1.82, 2.24) is 19.2 Å². The number of rotatable bonds is 7. The number of likely N-dealkylation sites (N-methyl/N-ethyl adjacent to an activating group) is 1. The highest BCUT2D eigenvalue weighted by atomic mass is 16.5. The number of aryl methyl sites for hydroxylation is 2. The minimum atomic E-state index is -0.866. The zero-order chi connectivity index (χ0) is 25.4. The lowest BCUT2D eigenvalue weighted by Crippen LogP contribution is -2.35. The fourth-order valence-corrected chi connectivity index (χ4v) is 4.52. The summed E-state index contributed by atoms with van der Waals surface area (Å²) in [5.74, 6) is -0.685. The number of benzene rings is 1. The van der Waals surface area contributed by atoms with Crippen LogP contribution in [0.4, 0.5) is 0 Å². The third kappa shape index (κ3) is 4.12. The zero-order valence-corrected chi connectivity index (χ0v) is 20.8. The van der Waals surface area contributed by atoms with Gasteiger partial charge in [-0.3, -0.25) is 14.0 Å². The number of nitrogens with zero attached hydrogens (tertiary/aromatic N) is 4. The number of aromatic nitrogens is 2. The Hall–Kier alpha value is -3.85. The number of aliphatic hydroxyl groups excluding tert-OH is 1. The van der Waals surface area contributed by atoms with Crippen LogP contribution >= 0.6 is 0 Å². The number of likely N-dealkylation sites (tertiary alicyclic amines) is 1. The van der Waals surface area contributed by atoms with Gasteiger partial charge in [-0.1, -0.05) is 6.07 Å². The molecule has 1 saturated heterocycles. The molecular formula is C26H30N4O5. The maximum atomic E-state index is 13.4. The van der Waals surface area contributed by atoms with Crippen LogP contribution < -0.4 is 9.47 Å². The van der Waals surface area contributed by atoms with Gasteiger partial charge in [0.2, 0.25) is 0 Å². The van der Waals surface area contributed by atoms with Gasteiger partial charge in [-0.15, -0.1) is 0 Å². The number of carbonyl (C=O) groups is 2. The van der Waals surface area contributed by atoms with E-state index in [1.165, 1.54) is 12.0 Å². The molecule has 4 rings (SSSR count). The molecule has 0 spiro atoms. The Morgan fingerprint density at radius 3 is 2.54 bits per heavy atom. The fourth-order valence-electron chi connectivity index (χ4n) is 4.52. The van der Waals surface area contributed by atoms with E-state index in [0.29, 0.717) is 40.6 Å². The SMILES string of the molecule is COc1ccc(OC)c([C@@H]2C(=C(O)c3c(C)nc4c(C)cccn34)C(=O)C(=O)N2CCN(C)C)c1. The number of ketones is 1. The lowest BCUT2D eigenvalue weighted by atomic mass is 9.95. The highest BCUT2D eigenvalue weighted by Crippen LogP contribution is 2.44. The van der Waals surface area contributed by atoms with E-state index in [0.717, 1.165) is 5.56 Å². The minimum Gasteiger partial charge on any atom is -0.505 e. The van der Waals surface area contributed by atoms with Crippen LogP contribution in [0.15, 0.2) is 42.1 Å². The van der Waals surface area contributed by atoms with Crippen LogP contribution in [0.25, 0.3) is 11.4 Å². The summed E-state index contributed by atoms with van der Waals surface area (Å²) in [5.41, 5.74) is 3.06. The molecule has 1 fully saturated rings. The summed E-state index contributed by atoms with van der Waals surface area (Å²) in [6.07, 6.45) is 1.78. The summed E-state index contributed by atoms with van der Waals surface area (Å²) in [6.45, 7) is 4.51. The number of hydrogen-bond acceptors (Lipinski definition) is 7. The van der Waals surface area contributed by atoms with Crippen molar-refractivity contribution in [3.63, 3.8) is 0 Å². The number of carbonyl (C=O) groups excluding carboxylic acids is 2. The van der Waals surface area contributed by atoms with Crippen molar-refractivity contribution in [3.05, 3.63) is 64.6 Å². The van der Waals surface area contributed by atoms with Gasteiger partial charge in [0.15, 0.2) is 5.76 Å². The lowest BCUT2D eigenvalue weighted by Gasteiger charge is -2.28. The van der Waals surface area contributed by atoms with Crippen LogP contribution in [0, 0.1) is 13.8 Å². The number of methoxy groups -OCH3 is 2. The van der Waals surface area contributed by atoms with E-state index < -0.39 is 17.7 Å². The Morgan fingerprint density at radius 1 is 1.14 bits per heavy atom. The number of fused-ring (bicyclic) bond motifs is 1. The first-order chi connectivity index (χ1) is 16.7. The summed E-state index contributed by atoms with van der Waals surface area (Å²) < 4.78 is 12.8. The summed E-state index contributed by atoms with van der Waals surface area (Å²) in [5, 5.41) is 11.6. The maximum absolute atomic E-state index is 13.4. The molecular weight excluding hydrogens is 448 g/mol. The Labute approximate surface area is 204 Å². The smallest absolute Gasteiger partial charge is 0.295 e. The molecule has 9 heteroatoms. The molecule has 2 aromatic heterocycles. The predicted octanol–water partition coefficient (Wildman–Crippen LogP) is 2.95. The molecule has 0 saturated carbocycles. The number of Topliss-reactive ketones (excluding diaryl/α,β-unsaturated/α-hetero) is 1. The minimum absolute atomic E-state index is 0.00767. The quantitative estimate of drug-likeness (QED) is 0.317. The van der Waals surface area contributed by atoms with E-state index in [2.05, 4.69) is 4.98 Å². The second-order valence-corrected chi connectivity index (χ2v) is 8.83. The summed E-state index contributed by atoms with van der Waals surface area (Å²) in [4.78, 5) is 34.7. The molecule has 3 heterocycles. The van der Waals surface area contributed by atoms with E-state index in [-0.39, 0.29) is 17.9 Å². The van der Waals surface area contributed by atoms with Crippen LogP contribution in [0.5, 0.6) is 11.5 Å². The van der Waals surface area contributed by atoms with E-state index in [4.69, 9.17) is 9.47 Å². The zero-order valence-electron chi connectivity index (χ0n) is 20.8.